The van der Waals surface area contributed by atoms with E-state index in [-0.39, 0.29) is 6.61 Å². The molecule has 1 heterocycles. The van der Waals surface area contributed by atoms with Gasteiger partial charge in [0.1, 0.15) is 5.82 Å². The van der Waals surface area contributed by atoms with E-state index in [1.807, 2.05) is 18.2 Å². The molecular formula is C13H16N2O3. The summed E-state index contributed by atoms with van der Waals surface area (Å²) >= 11 is 0. The number of hydrogen-bond donors (Lipinski definition) is 2. The van der Waals surface area contributed by atoms with E-state index >= 15 is 0 Å². The molecular weight excluding hydrogens is 232 g/mol. The molecule has 0 aliphatic heterocycles. The number of nitrogens with one attached hydrogen (secondary N) is 1. The smallest absolute Gasteiger partial charge is 0.161 e. The monoisotopic (exact) mass is 248 g/mol. The zero-order valence-electron chi connectivity index (χ0n) is 10.4. The Labute approximate surface area is 105 Å². The molecule has 0 saturated heterocycles. The van der Waals surface area contributed by atoms with Crippen LogP contribution in [0.5, 0.6) is 11.5 Å². The van der Waals surface area contributed by atoms with Crippen LogP contribution in [-0.2, 0) is 13.0 Å². The lowest BCUT2D eigenvalue weighted by Crippen LogP contribution is -1.95. The molecule has 0 saturated carbocycles. The molecule has 0 amide bonds. The fraction of sp³-hybridized carbons (Fsp3) is 0.308. The lowest BCUT2D eigenvalue weighted by molar-refractivity contribution is 0.277. The van der Waals surface area contributed by atoms with E-state index in [1.165, 1.54) is 0 Å². The first-order chi connectivity index (χ1) is 8.76. The maximum Gasteiger partial charge on any atom is 0.161 e. The van der Waals surface area contributed by atoms with Crippen molar-refractivity contribution in [1.29, 1.82) is 0 Å². The second-order valence-electron chi connectivity index (χ2n) is 3.88. The van der Waals surface area contributed by atoms with Crippen molar-refractivity contribution in [3.05, 3.63) is 41.5 Å². The van der Waals surface area contributed by atoms with Gasteiger partial charge in [-0.25, -0.2) is 4.98 Å². The van der Waals surface area contributed by atoms with Gasteiger partial charge in [0.25, 0.3) is 0 Å². The minimum atomic E-state index is -0.0288. The van der Waals surface area contributed by atoms with Crippen molar-refractivity contribution in [2.75, 3.05) is 14.2 Å². The molecule has 0 spiro atoms. The van der Waals surface area contributed by atoms with Gasteiger partial charge in [-0.15, -0.1) is 0 Å². The lowest BCUT2D eigenvalue weighted by atomic mass is 10.1. The van der Waals surface area contributed by atoms with Crippen LogP contribution in [0.4, 0.5) is 0 Å². The van der Waals surface area contributed by atoms with Crippen molar-refractivity contribution >= 4 is 0 Å². The number of ether oxygens (including phenoxy) is 2. The van der Waals surface area contributed by atoms with Crippen LogP contribution < -0.4 is 9.47 Å². The summed E-state index contributed by atoms with van der Waals surface area (Å²) in [6.07, 6.45) is 2.29. The van der Waals surface area contributed by atoms with Gasteiger partial charge < -0.3 is 19.6 Å². The zero-order chi connectivity index (χ0) is 13.0. The van der Waals surface area contributed by atoms with Gasteiger partial charge in [0.05, 0.1) is 32.7 Å². The first-order valence-electron chi connectivity index (χ1n) is 5.61. The maximum atomic E-state index is 8.96. The van der Waals surface area contributed by atoms with Gasteiger partial charge in [0.15, 0.2) is 11.5 Å². The van der Waals surface area contributed by atoms with E-state index in [0.29, 0.717) is 23.6 Å². The van der Waals surface area contributed by atoms with Gasteiger partial charge in [0.2, 0.25) is 0 Å². The predicted molar refractivity (Wildman–Crippen MR) is 66.9 cm³/mol. The van der Waals surface area contributed by atoms with Gasteiger partial charge in [-0.1, -0.05) is 6.07 Å². The number of H-pyrrole nitrogens is 1. The van der Waals surface area contributed by atoms with Crippen LogP contribution in [0.3, 0.4) is 0 Å². The first kappa shape index (κ1) is 12.4. The standard InChI is InChI=1S/C13H16N2O3/c1-17-11-4-3-9(5-12(11)18-2)6-13-14-7-10(8-16)15-13/h3-5,7,16H,6,8H2,1-2H3,(H,14,15). The average molecular weight is 248 g/mol. The summed E-state index contributed by atoms with van der Waals surface area (Å²) < 4.78 is 10.4. The van der Waals surface area contributed by atoms with Gasteiger partial charge in [-0.2, -0.15) is 0 Å². The minimum Gasteiger partial charge on any atom is -0.493 e. The summed E-state index contributed by atoms with van der Waals surface area (Å²) in [5, 5.41) is 8.96. The molecule has 2 N–H and O–H groups in total. The van der Waals surface area contributed by atoms with Crippen molar-refractivity contribution in [3.63, 3.8) is 0 Å². The van der Waals surface area contributed by atoms with E-state index in [0.717, 1.165) is 11.4 Å². The van der Waals surface area contributed by atoms with Crippen molar-refractivity contribution in [2.45, 2.75) is 13.0 Å². The molecule has 96 valence electrons. The number of aliphatic hydroxyl groups excluding tert-OH is 1. The number of benzene rings is 1. The first-order valence-corrected chi connectivity index (χ1v) is 5.61. The maximum absolute atomic E-state index is 8.96. The third-order valence-corrected chi connectivity index (χ3v) is 2.67. The number of aromatic amines is 1. The molecule has 5 nitrogen and oxygen atoms in total. The molecule has 0 bridgehead atoms. The molecule has 0 aliphatic rings. The van der Waals surface area contributed by atoms with E-state index in [2.05, 4.69) is 9.97 Å². The summed E-state index contributed by atoms with van der Waals surface area (Å²) in [5.41, 5.74) is 1.77. The minimum absolute atomic E-state index is 0.0288. The van der Waals surface area contributed by atoms with Crippen LogP contribution in [0.15, 0.2) is 24.4 Å². The van der Waals surface area contributed by atoms with Gasteiger partial charge in [-0.3, -0.25) is 0 Å². The highest BCUT2D eigenvalue weighted by molar-refractivity contribution is 5.43. The Balaban J connectivity index is 2.18. The highest BCUT2D eigenvalue weighted by atomic mass is 16.5. The summed E-state index contributed by atoms with van der Waals surface area (Å²) in [7, 11) is 3.22. The highest BCUT2D eigenvalue weighted by Gasteiger charge is 2.06. The molecule has 0 fully saturated rings. The molecule has 0 aliphatic carbocycles. The average Bonchev–Trinajstić information content (AvgIpc) is 2.86. The van der Waals surface area contributed by atoms with Crippen LogP contribution in [0, 0.1) is 0 Å². The van der Waals surface area contributed by atoms with E-state index < -0.39 is 0 Å². The molecule has 18 heavy (non-hydrogen) atoms. The molecule has 2 rings (SSSR count). The Hall–Kier alpha value is -2.01. The Morgan fingerprint density at radius 1 is 1.22 bits per heavy atom. The molecule has 1 aromatic carbocycles. The topological polar surface area (TPSA) is 67.4 Å². The Morgan fingerprint density at radius 3 is 2.61 bits per heavy atom. The number of nitrogens with zero attached hydrogens (tertiary/aromatic N) is 1. The molecule has 0 radical (unpaired) electrons. The van der Waals surface area contributed by atoms with Crippen LogP contribution in [-0.4, -0.2) is 29.3 Å². The van der Waals surface area contributed by atoms with E-state index in [1.54, 1.807) is 20.4 Å². The SMILES string of the molecule is COc1ccc(Cc2ncc(CO)[nH]2)cc1OC. The number of rotatable bonds is 5. The quantitative estimate of drug-likeness (QED) is 0.841. The number of hydrogen-bond acceptors (Lipinski definition) is 4. The highest BCUT2D eigenvalue weighted by Crippen LogP contribution is 2.28. The lowest BCUT2D eigenvalue weighted by Gasteiger charge is -2.08. The molecule has 1 aromatic heterocycles. The van der Waals surface area contributed by atoms with Crippen LogP contribution >= 0.6 is 0 Å². The fourth-order valence-corrected chi connectivity index (χ4v) is 1.76. The fourth-order valence-electron chi connectivity index (χ4n) is 1.76. The van der Waals surface area contributed by atoms with Crippen LogP contribution in [0.1, 0.15) is 17.1 Å². The number of aromatic nitrogens is 2. The molecule has 0 unspecified atom stereocenters. The third-order valence-electron chi connectivity index (χ3n) is 2.67. The largest absolute Gasteiger partial charge is 0.493 e. The molecule has 2 aromatic rings. The van der Waals surface area contributed by atoms with Gasteiger partial charge in [0, 0.05) is 6.42 Å². The second-order valence-corrected chi connectivity index (χ2v) is 3.88. The van der Waals surface area contributed by atoms with Gasteiger partial charge in [-0.05, 0) is 17.7 Å². The van der Waals surface area contributed by atoms with Crippen molar-refractivity contribution in [3.8, 4) is 11.5 Å². The summed E-state index contributed by atoms with van der Waals surface area (Å²) in [6, 6.07) is 5.74. The number of aliphatic hydroxyl groups is 1. The van der Waals surface area contributed by atoms with Crippen LogP contribution in [0.25, 0.3) is 0 Å². The molecule has 0 atom stereocenters. The number of methoxy groups -OCH3 is 2. The third kappa shape index (κ3) is 2.62. The normalized spacial score (nSPS) is 10.4. The Morgan fingerprint density at radius 2 is 2.00 bits per heavy atom. The second kappa shape index (κ2) is 5.55. The predicted octanol–water partition coefficient (Wildman–Crippen LogP) is 1.51. The zero-order valence-corrected chi connectivity index (χ0v) is 10.4. The van der Waals surface area contributed by atoms with Gasteiger partial charge >= 0.3 is 0 Å². The molecule has 5 heteroatoms. The van der Waals surface area contributed by atoms with Crippen molar-refractivity contribution < 1.29 is 14.6 Å². The number of imidazole rings is 1. The Kier molecular flexibility index (Phi) is 3.84. The van der Waals surface area contributed by atoms with Crippen LogP contribution in [0.2, 0.25) is 0 Å². The summed E-state index contributed by atoms with van der Waals surface area (Å²) in [5.74, 6) is 2.21. The van der Waals surface area contributed by atoms with Crippen molar-refractivity contribution in [2.24, 2.45) is 0 Å². The summed E-state index contributed by atoms with van der Waals surface area (Å²) in [6.45, 7) is -0.0288. The Bertz CT molecular complexity index is 523. The van der Waals surface area contributed by atoms with E-state index in [4.69, 9.17) is 14.6 Å². The van der Waals surface area contributed by atoms with E-state index in [9.17, 15) is 0 Å². The van der Waals surface area contributed by atoms with Crippen molar-refractivity contribution in [1.82, 2.24) is 9.97 Å². The summed E-state index contributed by atoms with van der Waals surface area (Å²) in [4.78, 5) is 7.24.